The Hall–Kier alpha value is -2.01. The summed E-state index contributed by atoms with van der Waals surface area (Å²) in [5.74, 6) is 1.65. The number of ether oxygens (including phenoxy) is 1. The molecule has 4 rings (SSSR count). The average molecular weight is 433 g/mol. The number of methoxy groups -OCH3 is 1. The van der Waals surface area contributed by atoms with Crippen LogP contribution in [0.15, 0.2) is 34.4 Å². The number of fused-ring (bicyclic) bond motifs is 4. The van der Waals surface area contributed by atoms with Crippen LogP contribution >= 0.6 is 0 Å². The van der Waals surface area contributed by atoms with Gasteiger partial charge in [-0.2, -0.15) is 0 Å². The molecule has 0 fully saturated rings. The lowest BCUT2D eigenvalue weighted by atomic mass is 9.57. The number of carbonyl (C=O) groups is 3. The molecule has 0 aliphatic heterocycles. The number of hydrogen-bond donors (Lipinski definition) is 1. The number of rotatable bonds is 2. The molecule has 0 heterocycles. The van der Waals surface area contributed by atoms with E-state index in [-0.39, 0.29) is 11.2 Å². The van der Waals surface area contributed by atoms with E-state index in [0.717, 1.165) is 37.0 Å². The summed E-state index contributed by atoms with van der Waals surface area (Å²) in [6.45, 7) is 10.8. The summed E-state index contributed by atoms with van der Waals surface area (Å²) >= 11 is 0. The van der Waals surface area contributed by atoms with Crippen molar-refractivity contribution >= 4 is 18.5 Å². The Morgan fingerprint density at radius 3 is 2.42 bits per heavy atom. The van der Waals surface area contributed by atoms with Gasteiger partial charge in [0, 0.05) is 24.7 Å². The van der Waals surface area contributed by atoms with Gasteiger partial charge < -0.3 is 14.6 Å². The Bertz CT molecular complexity index is 722. The van der Waals surface area contributed by atoms with Crippen molar-refractivity contribution in [2.45, 2.75) is 85.7 Å². The van der Waals surface area contributed by atoms with Crippen molar-refractivity contribution in [3.63, 3.8) is 0 Å². The monoisotopic (exact) mass is 432 g/mol. The van der Waals surface area contributed by atoms with Gasteiger partial charge in [-0.25, -0.2) is 0 Å². The van der Waals surface area contributed by atoms with Crippen LogP contribution in [0.4, 0.5) is 0 Å². The highest BCUT2D eigenvalue weighted by molar-refractivity contribution is 5.92. The topological polar surface area (TPSA) is 80.7 Å². The Kier molecular flexibility index (Phi) is 11.1. The maximum atomic E-state index is 11.8. The highest BCUT2D eigenvalue weighted by Gasteiger charge is 2.47. The number of ketones is 1. The molecule has 0 saturated heterocycles. The molecule has 0 aromatic rings. The molecule has 0 aromatic carbocycles. The summed E-state index contributed by atoms with van der Waals surface area (Å²) in [4.78, 5) is 29.9. The second-order valence-corrected chi connectivity index (χ2v) is 8.50. The predicted molar refractivity (Wildman–Crippen MR) is 123 cm³/mol. The smallest absolute Gasteiger partial charge is 0.292 e. The predicted octanol–water partition coefficient (Wildman–Crippen LogP) is 5.13. The number of aliphatic hydroxyl groups is 1. The van der Waals surface area contributed by atoms with Gasteiger partial charge in [-0.05, 0) is 60.3 Å². The molecule has 0 amide bonds. The first-order chi connectivity index (χ1) is 14.8. The minimum absolute atomic E-state index is 0.0709. The van der Waals surface area contributed by atoms with Gasteiger partial charge in [0.1, 0.15) is 6.29 Å². The van der Waals surface area contributed by atoms with Crippen LogP contribution in [0, 0.1) is 17.3 Å². The molecule has 0 saturated carbocycles. The van der Waals surface area contributed by atoms with E-state index in [2.05, 4.69) is 24.7 Å². The fourth-order valence-electron chi connectivity index (χ4n) is 5.21. The van der Waals surface area contributed by atoms with E-state index in [1.165, 1.54) is 36.7 Å². The van der Waals surface area contributed by atoms with Crippen LogP contribution in [-0.2, 0) is 19.1 Å². The molecule has 174 valence electrons. The maximum Gasteiger partial charge on any atom is 0.292 e. The third kappa shape index (κ3) is 6.03. The molecule has 4 aliphatic carbocycles. The molecule has 0 aromatic heterocycles. The number of hydrogen-bond acceptors (Lipinski definition) is 5. The third-order valence-corrected chi connectivity index (χ3v) is 6.72. The first-order valence-electron chi connectivity index (χ1n) is 11.6. The molecule has 0 spiro atoms. The van der Waals surface area contributed by atoms with Crippen LogP contribution in [0.5, 0.6) is 0 Å². The summed E-state index contributed by atoms with van der Waals surface area (Å²) < 4.78 is 3.86. The van der Waals surface area contributed by atoms with E-state index in [0.29, 0.717) is 25.2 Å². The quantitative estimate of drug-likeness (QED) is 0.612. The van der Waals surface area contributed by atoms with Gasteiger partial charge in [0.25, 0.3) is 6.47 Å². The van der Waals surface area contributed by atoms with Crippen LogP contribution in [-0.4, -0.2) is 36.9 Å². The summed E-state index contributed by atoms with van der Waals surface area (Å²) in [6, 6.07) is 0. The zero-order chi connectivity index (χ0) is 23.6. The zero-order valence-electron chi connectivity index (χ0n) is 20.1. The first kappa shape index (κ1) is 27.0. The number of aliphatic hydroxyl groups excluding tert-OH is 1. The van der Waals surface area contributed by atoms with Gasteiger partial charge in [0.15, 0.2) is 5.78 Å². The molecule has 4 atom stereocenters. The lowest BCUT2D eigenvalue weighted by Gasteiger charge is -2.48. The van der Waals surface area contributed by atoms with Crippen LogP contribution in [0.25, 0.3) is 0 Å². The van der Waals surface area contributed by atoms with Crippen LogP contribution < -0.4 is 0 Å². The van der Waals surface area contributed by atoms with Gasteiger partial charge in [0.2, 0.25) is 0 Å². The van der Waals surface area contributed by atoms with E-state index >= 15 is 0 Å². The van der Waals surface area contributed by atoms with E-state index in [9.17, 15) is 14.7 Å². The summed E-state index contributed by atoms with van der Waals surface area (Å²) in [5.41, 5.74) is 5.42. The molecular weight excluding hydrogens is 392 g/mol. The summed E-state index contributed by atoms with van der Waals surface area (Å²) in [7, 11) is 1.31. The molecule has 5 heteroatoms. The van der Waals surface area contributed by atoms with Crippen molar-refractivity contribution in [3.8, 4) is 0 Å². The molecule has 0 radical (unpaired) electrons. The molecule has 5 nitrogen and oxygen atoms in total. The minimum Gasteiger partial charge on any atom is -0.471 e. The second kappa shape index (κ2) is 12.7. The van der Waals surface area contributed by atoms with Gasteiger partial charge in [-0.3, -0.25) is 9.59 Å². The lowest BCUT2D eigenvalue weighted by molar-refractivity contribution is -0.126. The molecular formula is C26H40O5. The summed E-state index contributed by atoms with van der Waals surface area (Å²) in [5, 5.41) is 10.6. The Morgan fingerprint density at radius 1 is 1.26 bits per heavy atom. The maximum absolute atomic E-state index is 11.8. The SMILES string of the molecule is CC.CC1CC=C2C3=C(CCC21)C1(C)CCC(=O)C=C1[C@@H](O)C3.CCC=O.COC=O. The minimum atomic E-state index is -0.464. The Labute approximate surface area is 187 Å². The third-order valence-electron chi connectivity index (χ3n) is 6.72. The van der Waals surface area contributed by atoms with Gasteiger partial charge in [-0.15, -0.1) is 0 Å². The van der Waals surface area contributed by atoms with Crippen molar-refractivity contribution in [1.82, 2.24) is 0 Å². The largest absolute Gasteiger partial charge is 0.471 e. The van der Waals surface area contributed by atoms with Crippen molar-refractivity contribution in [2.75, 3.05) is 7.11 Å². The molecule has 1 N–H and O–H groups in total. The summed E-state index contributed by atoms with van der Waals surface area (Å²) in [6.07, 6.45) is 11.0. The van der Waals surface area contributed by atoms with Gasteiger partial charge >= 0.3 is 0 Å². The van der Waals surface area contributed by atoms with Crippen molar-refractivity contribution in [3.05, 3.63) is 34.4 Å². The van der Waals surface area contributed by atoms with E-state index in [1.807, 2.05) is 20.8 Å². The Morgan fingerprint density at radius 2 is 1.87 bits per heavy atom. The highest BCUT2D eigenvalue weighted by atomic mass is 16.5. The van der Waals surface area contributed by atoms with Crippen molar-refractivity contribution in [1.29, 1.82) is 0 Å². The standard InChI is InChI=1S/C19H24O2.C3H6O.C2H4O2.C2H6/c1-11-3-4-14-13(11)5-6-16-15(14)10-18(21)17-9-12(20)7-8-19(16,17)2;1-2-3-4;1-4-2-3;1-2/h4,9,11,13,18,21H,3,5-8,10H2,1-2H3;3H,2H2,1H3;2H,1H3;1-2H3/t11?,13?,18-,19?;;;/m0.../s1. The van der Waals surface area contributed by atoms with E-state index in [1.54, 1.807) is 6.08 Å². The van der Waals surface area contributed by atoms with Crippen molar-refractivity contribution < 1.29 is 24.2 Å². The molecule has 0 bridgehead atoms. The highest BCUT2D eigenvalue weighted by Crippen LogP contribution is 2.57. The second-order valence-electron chi connectivity index (χ2n) is 8.50. The van der Waals surface area contributed by atoms with Crippen LogP contribution in [0.3, 0.4) is 0 Å². The zero-order valence-corrected chi connectivity index (χ0v) is 20.1. The normalized spacial score (nSPS) is 30.2. The number of aldehydes is 1. The van der Waals surface area contributed by atoms with Crippen LogP contribution in [0.2, 0.25) is 0 Å². The molecule has 3 unspecified atom stereocenters. The molecule has 4 aliphatic rings. The number of allylic oxidation sites excluding steroid dienone is 4. The van der Waals surface area contributed by atoms with E-state index in [4.69, 9.17) is 4.79 Å². The fraction of sp³-hybridized carbons (Fsp3) is 0.654. The molecule has 31 heavy (non-hydrogen) atoms. The van der Waals surface area contributed by atoms with E-state index < -0.39 is 6.10 Å². The lowest BCUT2D eigenvalue weighted by Crippen LogP contribution is -2.40. The fourth-order valence-corrected chi connectivity index (χ4v) is 5.21. The van der Waals surface area contributed by atoms with Crippen LogP contribution in [0.1, 0.15) is 79.6 Å². The van der Waals surface area contributed by atoms with Gasteiger partial charge in [0.05, 0.1) is 13.2 Å². The van der Waals surface area contributed by atoms with Crippen molar-refractivity contribution in [2.24, 2.45) is 17.3 Å². The average Bonchev–Trinajstić information content (AvgIpc) is 3.18. The Balaban J connectivity index is 0.000000412. The van der Waals surface area contributed by atoms with Gasteiger partial charge in [-0.1, -0.05) is 46.3 Å². The number of carbonyl (C=O) groups excluding carboxylic acids is 3. The first-order valence-corrected chi connectivity index (χ1v) is 11.6.